The molecule has 9 nitrogen and oxygen atoms in total. The first-order chi connectivity index (χ1) is 15.4. The number of benzene rings is 1. The highest BCUT2D eigenvalue weighted by Gasteiger charge is 2.20. The number of hydrogen-bond acceptors (Lipinski definition) is 7. The number of rotatable bonds is 8. The van der Waals surface area contributed by atoms with Crippen LogP contribution in [-0.4, -0.2) is 40.8 Å². The molecule has 0 fully saturated rings. The first-order valence-electron chi connectivity index (χ1n) is 10.9. The quantitative estimate of drug-likeness (QED) is 0.478. The third kappa shape index (κ3) is 4.56. The van der Waals surface area contributed by atoms with Gasteiger partial charge in [0.05, 0.1) is 11.9 Å². The minimum atomic E-state index is -0.0460. The molecule has 0 saturated carbocycles. The number of hydrogen-bond donors (Lipinski definition) is 3. The largest absolute Gasteiger partial charge is 0.486 e. The molecule has 0 spiro atoms. The van der Waals surface area contributed by atoms with E-state index < -0.39 is 0 Å². The zero-order valence-electron chi connectivity index (χ0n) is 19.0. The summed E-state index contributed by atoms with van der Waals surface area (Å²) >= 11 is 0. The summed E-state index contributed by atoms with van der Waals surface area (Å²) in [5.74, 6) is 2.63. The van der Waals surface area contributed by atoms with Gasteiger partial charge in [-0.05, 0) is 24.0 Å². The molecule has 0 aliphatic carbocycles. The van der Waals surface area contributed by atoms with E-state index in [4.69, 9.17) is 14.5 Å². The Hall–Kier alpha value is -3.49. The third-order valence-electron chi connectivity index (χ3n) is 5.82. The van der Waals surface area contributed by atoms with Gasteiger partial charge in [0, 0.05) is 19.5 Å². The van der Waals surface area contributed by atoms with Crippen molar-refractivity contribution in [2.75, 3.05) is 36.2 Å². The predicted molar refractivity (Wildman–Crippen MR) is 125 cm³/mol. The number of carbonyl (C=O) groups excluding carboxylic acids is 1. The van der Waals surface area contributed by atoms with Crippen molar-refractivity contribution < 1.29 is 14.3 Å². The van der Waals surface area contributed by atoms with Gasteiger partial charge in [0.25, 0.3) is 0 Å². The SMILES string of the molecule is CCC(C)(C)CCC(=O)Nc1cnn2c(NC)cc(Nc3cccc4c3OCCO4)nc12. The van der Waals surface area contributed by atoms with Crippen LogP contribution in [-0.2, 0) is 4.79 Å². The summed E-state index contributed by atoms with van der Waals surface area (Å²) in [6, 6.07) is 7.53. The Morgan fingerprint density at radius 3 is 2.81 bits per heavy atom. The molecular weight excluding hydrogens is 408 g/mol. The van der Waals surface area contributed by atoms with Crippen LogP contribution in [0.5, 0.6) is 11.5 Å². The van der Waals surface area contributed by atoms with Gasteiger partial charge in [-0.2, -0.15) is 9.61 Å². The van der Waals surface area contributed by atoms with Crippen LogP contribution in [0, 0.1) is 5.41 Å². The molecule has 0 bridgehead atoms. The molecule has 3 heterocycles. The van der Waals surface area contributed by atoms with Crippen molar-refractivity contribution in [3.05, 3.63) is 30.5 Å². The Morgan fingerprint density at radius 1 is 1.22 bits per heavy atom. The van der Waals surface area contributed by atoms with Crippen LogP contribution >= 0.6 is 0 Å². The summed E-state index contributed by atoms with van der Waals surface area (Å²) in [4.78, 5) is 17.3. The average molecular weight is 439 g/mol. The summed E-state index contributed by atoms with van der Waals surface area (Å²) in [6.07, 6.45) is 3.91. The molecule has 4 rings (SSSR count). The summed E-state index contributed by atoms with van der Waals surface area (Å²) in [6.45, 7) is 7.51. The second kappa shape index (κ2) is 8.94. The normalized spacial score (nSPS) is 13.1. The highest BCUT2D eigenvalue weighted by molar-refractivity contribution is 5.94. The summed E-state index contributed by atoms with van der Waals surface area (Å²) in [5, 5.41) is 13.8. The van der Waals surface area contributed by atoms with E-state index in [0.29, 0.717) is 48.3 Å². The monoisotopic (exact) mass is 438 g/mol. The lowest BCUT2D eigenvalue weighted by molar-refractivity contribution is -0.116. The maximum absolute atomic E-state index is 12.6. The van der Waals surface area contributed by atoms with Gasteiger partial charge >= 0.3 is 0 Å². The highest BCUT2D eigenvalue weighted by atomic mass is 16.6. The minimum absolute atomic E-state index is 0.0460. The maximum Gasteiger partial charge on any atom is 0.224 e. The van der Waals surface area contributed by atoms with E-state index in [0.717, 1.165) is 24.3 Å². The van der Waals surface area contributed by atoms with E-state index in [1.165, 1.54) is 0 Å². The molecule has 9 heteroatoms. The molecule has 1 amide bonds. The first-order valence-corrected chi connectivity index (χ1v) is 10.9. The van der Waals surface area contributed by atoms with E-state index in [9.17, 15) is 4.79 Å². The molecule has 1 aliphatic rings. The lowest BCUT2D eigenvalue weighted by atomic mass is 9.85. The minimum Gasteiger partial charge on any atom is -0.486 e. The number of nitrogens with one attached hydrogen (secondary N) is 3. The van der Waals surface area contributed by atoms with Crippen molar-refractivity contribution in [2.45, 2.75) is 40.0 Å². The van der Waals surface area contributed by atoms with Gasteiger partial charge in [0.1, 0.15) is 30.5 Å². The van der Waals surface area contributed by atoms with Gasteiger partial charge < -0.3 is 25.4 Å². The number of aromatic nitrogens is 3. The molecule has 0 radical (unpaired) electrons. The van der Waals surface area contributed by atoms with Crippen LogP contribution < -0.4 is 25.4 Å². The van der Waals surface area contributed by atoms with E-state index in [-0.39, 0.29) is 11.3 Å². The van der Waals surface area contributed by atoms with Crippen LogP contribution in [0.25, 0.3) is 5.65 Å². The van der Waals surface area contributed by atoms with Crippen LogP contribution in [0.1, 0.15) is 40.0 Å². The Bertz CT molecular complexity index is 1120. The van der Waals surface area contributed by atoms with E-state index >= 15 is 0 Å². The van der Waals surface area contributed by atoms with Gasteiger partial charge in [0.2, 0.25) is 5.91 Å². The molecule has 0 saturated heterocycles. The number of fused-ring (bicyclic) bond motifs is 2. The summed E-state index contributed by atoms with van der Waals surface area (Å²) in [7, 11) is 1.81. The number of anilines is 4. The number of amides is 1. The average Bonchev–Trinajstić information content (AvgIpc) is 3.20. The first kappa shape index (κ1) is 21.7. The maximum atomic E-state index is 12.6. The summed E-state index contributed by atoms with van der Waals surface area (Å²) < 4.78 is 13.1. The number of nitrogens with zero attached hydrogens (tertiary/aromatic N) is 3. The molecule has 3 N–H and O–H groups in total. The van der Waals surface area contributed by atoms with Gasteiger partial charge in [0.15, 0.2) is 17.1 Å². The van der Waals surface area contributed by atoms with E-state index in [2.05, 4.69) is 41.8 Å². The Kier molecular flexibility index (Phi) is 6.07. The lowest BCUT2D eigenvalue weighted by Crippen LogP contribution is -2.17. The topological polar surface area (TPSA) is 102 Å². The highest BCUT2D eigenvalue weighted by Crippen LogP contribution is 2.39. The van der Waals surface area contributed by atoms with E-state index in [1.807, 2.05) is 31.3 Å². The smallest absolute Gasteiger partial charge is 0.224 e. The standard InChI is InChI=1S/C23H30N6O3/c1-5-23(2,3)10-9-20(30)27-16-14-25-29-19(24-4)13-18(28-22(16)29)26-15-7-6-8-17-21(15)32-12-11-31-17/h6-8,13-14,24H,5,9-12H2,1-4H3,(H,26,28)(H,27,30). The number of para-hydroxylation sites is 1. The van der Waals surface area contributed by atoms with Crippen LogP contribution in [0.15, 0.2) is 30.5 Å². The zero-order valence-corrected chi connectivity index (χ0v) is 19.0. The molecule has 32 heavy (non-hydrogen) atoms. The predicted octanol–water partition coefficient (Wildman–Crippen LogP) is 4.44. The summed E-state index contributed by atoms with van der Waals surface area (Å²) in [5.41, 5.74) is 2.00. The van der Waals surface area contributed by atoms with Crippen molar-refractivity contribution in [2.24, 2.45) is 5.41 Å². The molecule has 0 unspecified atom stereocenters. The number of carbonyl (C=O) groups is 1. The van der Waals surface area contributed by atoms with Crippen LogP contribution in [0.3, 0.4) is 0 Å². The fourth-order valence-electron chi connectivity index (χ4n) is 3.44. The fourth-order valence-corrected chi connectivity index (χ4v) is 3.44. The van der Waals surface area contributed by atoms with Gasteiger partial charge in [-0.1, -0.05) is 33.3 Å². The van der Waals surface area contributed by atoms with Gasteiger partial charge in [-0.25, -0.2) is 4.98 Å². The van der Waals surface area contributed by atoms with Crippen LogP contribution in [0.2, 0.25) is 0 Å². The Labute approximate surface area is 187 Å². The third-order valence-corrected chi connectivity index (χ3v) is 5.82. The van der Waals surface area contributed by atoms with Gasteiger partial charge in [-0.3, -0.25) is 4.79 Å². The lowest BCUT2D eigenvalue weighted by Gasteiger charge is -2.21. The molecular formula is C23H30N6O3. The molecule has 1 aromatic carbocycles. The van der Waals surface area contributed by atoms with Crippen molar-refractivity contribution in [1.82, 2.24) is 14.6 Å². The Balaban J connectivity index is 1.60. The van der Waals surface area contributed by atoms with Gasteiger partial charge in [-0.15, -0.1) is 0 Å². The second-order valence-corrected chi connectivity index (χ2v) is 8.59. The van der Waals surface area contributed by atoms with Crippen molar-refractivity contribution in [1.29, 1.82) is 0 Å². The molecule has 2 aromatic heterocycles. The van der Waals surface area contributed by atoms with Crippen LogP contribution in [0.4, 0.5) is 23.0 Å². The van der Waals surface area contributed by atoms with Crippen molar-refractivity contribution in [3.63, 3.8) is 0 Å². The zero-order chi connectivity index (χ0) is 22.7. The van der Waals surface area contributed by atoms with E-state index in [1.54, 1.807) is 10.7 Å². The van der Waals surface area contributed by atoms with Crippen molar-refractivity contribution in [3.8, 4) is 11.5 Å². The molecule has 3 aromatic rings. The molecule has 170 valence electrons. The van der Waals surface area contributed by atoms with Crippen molar-refractivity contribution >= 4 is 34.6 Å². The molecule has 0 atom stereocenters. The molecule has 1 aliphatic heterocycles. The fraction of sp³-hybridized carbons (Fsp3) is 0.435. The number of ether oxygens (including phenoxy) is 2. The second-order valence-electron chi connectivity index (χ2n) is 8.59. The Morgan fingerprint density at radius 2 is 2.03 bits per heavy atom.